The summed E-state index contributed by atoms with van der Waals surface area (Å²) in [5.41, 5.74) is 0.201. The van der Waals surface area contributed by atoms with Crippen LogP contribution in [0.2, 0.25) is 0 Å². The zero-order chi connectivity index (χ0) is 31.8. The van der Waals surface area contributed by atoms with E-state index in [-0.39, 0.29) is 43.2 Å². The third-order valence-electron chi connectivity index (χ3n) is 6.34. The minimum Gasteiger partial charge on any atom is -0.487 e. The molecule has 0 saturated carbocycles. The average Bonchev–Trinajstić information content (AvgIpc) is 3.39. The molecular formula is C30H29F2N5O6S. The van der Waals surface area contributed by atoms with E-state index >= 15 is 0 Å². The van der Waals surface area contributed by atoms with E-state index in [0.717, 1.165) is 12.1 Å². The Morgan fingerprint density at radius 2 is 1.95 bits per heavy atom. The Labute approximate surface area is 254 Å². The van der Waals surface area contributed by atoms with Crippen molar-refractivity contribution in [3.8, 4) is 5.75 Å². The van der Waals surface area contributed by atoms with E-state index < -0.39 is 35.2 Å². The third-order valence-corrected chi connectivity index (χ3v) is 7.41. The van der Waals surface area contributed by atoms with Gasteiger partial charge in [0.15, 0.2) is 0 Å². The summed E-state index contributed by atoms with van der Waals surface area (Å²) in [6.45, 7) is -0.0582. The highest BCUT2D eigenvalue weighted by molar-refractivity contribution is 7.19. The van der Waals surface area contributed by atoms with Crippen molar-refractivity contribution in [3.05, 3.63) is 99.4 Å². The fourth-order valence-corrected chi connectivity index (χ4v) is 5.11. The number of amides is 3. The second-order valence-corrected chi connectivity index (χ2v) is 10.9. The number of nitrogens with zero attached hydrogens (tertiary/aromatic N) is 3. The maximum absolute atomic E-state index is 14.0. The first-order valence-electron chi connectivity index (χ1n) is 13.3. The molecule has 0 spiro atoms. The van der Waals surface area contributed by atoms with Gasteiger partial charge >= 0.3 is 6.09 Å². The van der Waals surface area contributed by atoms with Gasteiger partial charge in [0.2, 0.25) is 11.8 Å². The number of pyridine rings is 1. The Kier molecular flexibility index (Phi) is 10.4. The molecule has 0 aliphatic carbocycles. The lowest BCUT2D eigenvalue weighted by atomic mass is 10.1. The van der Waals surface area contributed by atoms with E-state index in [0.29, 0.717) is 21.0 Å². The number of anilines is 1. The molecule has 0 fully saturated rings. The number of thiazole rings is 1. The van der Waals surface area contributed by atoms with Crippen LogP contribution in [0, 0.1) is 11.6 Å². The number of carbonyl (C=O) groups is 3. The lowest BCUT2D eigenvalue weighted by Crippen LogP contribution is -2.44. The standard InChI is InChI=1S/C30H29F2N5O6S/c1-36(2)26(38)11-4-3-7-22(35-30(41)42)28(39)34-23-9-6-14-37(29(23)40)16-25-33-21-8-5-10-24(27(21)44-25)43-17-18-12-13-19(31)15-20(18)32/h4-6,8-15,22,35H,3,7,16-17H2,1-2H3,(H,34,39)(H,41,42). The summed E-state index contributed by atoms with van der Waals surface area (Å²) in [6.07, 6.45) is 3.27. The summed E-state index contributed by atoms with van der Waals surface area (Å²) >= 11 is 1.27. The predicted molar refractivity (Wildman–Crippen MR) is 161 cm³/mol. The van der Waals surface area contributed by atoms with Crippen LogP contribution in [-0.4, -0.2) is 57.6 Å². The van der Waals surface area contributed by atoms with Crippen molar-refractivity contribution in [1.82, 2.24) is 19.8 Å². The number of halogens is 2. The van der Waals surface area contributed by atoms with Crippen molar-refractivity contribution < 1.29 is 33.0 Å². The van der Waals surface area contributed by atoms with Gasteiger partial charge in [0.05, 0.1) is 16.8 Å². The molecule has 3 N–H and O–H groups in total. The largest absolute Gasteiger partial charge is 0.487 e. The van der Waals surface area contributed by atoms with E-state index in [1.165, 1.54) is 51.3 Å². The van der Waals surface area contributed by atoms with Gasteiger partial charge in [0.1, 0.15) is 40.7 Å². The van der Waals surface area contributed by atoms with Crippen LogP contribution >= 0.6 is 11.3 Å². The molecule has 4 aromatic rings. The highest BCUT2D eigenvalue weighted by Gasteiger charge is 2.21. The smallest absolute Gasteiger partial charge is 0.405 e. The molecule has 4 rings (SSSR count). The van der Waals surface area contributed by atoms with Gasteiger partial charge in [-0.15, -0.1) is 11.3 Å². The number of fused-ring (bicyclic) bond motifs is 1. The fraction of sp³-hybridized carbons (Fsp3) is 0.233. The van der Waals surface area contributed by atoms with Crippen molar-refractivity contribution in [1.29, 1.82) is 0 Å². The number of carbonyl (C=O) groups excluding carboxylic acids is 2. The molecule has 230 valence electrons. The van der Waals surface area contributed by atoms with Gasteiger partial charge in [-0.3, -0.25) is 14.4 Å². The molecule has 0 bridgehead atoms. The lowest BCUT2D eigenvalue weighted by molar-refractivity contribution is -0.123. The van der Waals surface area contributed by atoms with Gasteiger partial charge in [0, 0.05) is 31.9 Å². The van der Waals surface area contributed by atoms with Gasteiger partial charge in [-0.05, 0) is 55.3 Å². The molecule has 2 heterocycles. The number of hydrogen-bond donors (Lipinski definition) is 3. The summed E-state index contributed by atoms with van der Waals surface area (Å²) < 4.78 is 35.1. The Morgan fingerprint density at radius 1 is 1.16 bits per heavy atom. The number of carboxylic acid groups (broad SMARTS) is 1. The van der Waals surface area contributed by atoms with E-state index in [1.54, 1.807) is 38.4 Å². The molecular weight excluding hydrogens is 596 g/mol. The van der Waals surface area contributed by atoms with Crippen LogP contribution in [0.15, 0.2) is 71.7 Å². The van der Waals surface area contributed by atoms with Crippen LogP contribution in [0.1, 0.15) is 23.4 Å². The number of benzene rings is 2. The number of nitrogens with one attached hydrogen (secondary N) is 2. The maximum atomic E-state index is 14.0. The van der Waals surface area contributed by atoms with Crippen molar-refractivity contribution in [3.63, 3.8) is 0 Å². The van der Waals surface area contributed by atoms with E-state index in [4.69, 9.17) is 4.74 Å². The van der Waals surface area contributed by atoms with Crippen molar-refractivity contribution in [2.75, 3.05) is 19.4 Å². The highest BCUT2D eigenvalue weighted by atomic mass is 32.1. The monoisotopic (exact) mass is 625 g/mol. The Bertz CT molecular complexity index is 1770. The number of rotatable bonds is 12. The Morgan fingerprint density at radius 3 is 2.68 bits per heavy atom. The zero-order valence-electron chi connectivity index (χ0n) is 23.8. The summed E-state index contributed by atoms with van der Waals surface area (Å²) in [5.74, 6) is -1.93. The topological polar surface area (TPSA) is 143 Å². The molecule has 1 atom stereocenters. The van der Waals surface area contributed by atoms with Crippen LogP contribution in [0.4, 0.5) is 19.3 Å². The molecule has 14 heteroatoms. The van der Waals surface area contributed by atoms with Crippen LogP contribution in [0.3, 0.4) is 0 Å². The van der Waals surface area contributed by atoms with Gasteiger partial charge in [-0.25, -0.2) is 18.6 Å². The highest BCUT2D eigenvalue weighted by Crippen LogP contribution is 2.32. The molecule has 44 heavy (non-hydrogen) atoms. The molecule has 3 amide bonds. The first-order chi connectivity index (χ1) is 21.0. The minimum atomic E-state index is -1.41. The quantitative estimate of drug-likeness (QED) is 0.199. The van der Waals surface area contributed by atoms with Crippen molar-refractivity contribution in [2.45, 2.75) is 32.0 Å². The first kappa shape index (κ1) is 31.8. The Hall–Kier alpha value is -5.11. The number of hydrogen-bond acceptors (Lipinski definition) is 7. The molecule has 2 aromatic carbocycles. The van der Waals surface area contributed by atoms with Crippen molar-refractivity contribution >= 4 is 45.1 Å². The molecule has 0 aliphatic heterocycles. The van der Waals surface area contributed by atoms with Gasteiger partial charge < -0.3 is 29.9 Å². The second-order valence-electron chi connectivity index (χ2n) is 9.80. The minimum absolute atomic E-state index is 0.0558. The predicted octanol–water partition coefficient (Wildman–Crippen LogP) is 4.36. The average molecular weight is 626 g/mol. The van der Waals surface area contributed by atoms with Gasteiger partial charge in [-0.2, -0.15) is 0 Å². The molecule has 0 saturated heterocycles. The van der Waals surface area contributed by atoms with Crippen molar-refractivity contribution in [2.24, 2.45) is 0 Å². The molecule has 11 nitrogen and oxygen atoms in total. The fourth-order valence-electron chi connectivity index (χ4n) is 4.08. The van der Waals surface area contributed by atoms with Gasteiger partial charge in [-0.1, -0.05) is 12.1 Å². The summed E-state index contributed by atoms with van der Waals surface area (Å²) in [6, 6.07) is 10.2. The summed E-state index contributed by atoms with van der Waals surface area (Å²) in [5, 5.41) is 14.4. The zero-order valence-corrected chi connectivity index (χ0v) is 24.6. The SMILES string of the molecule is CN(C)C(=O)C=CCCC(NC(=O)O)C(=O)Nc1cccn(Cc2nc3cccc(OCc4ccc(F)cc4F)c3s2)c1=O. The number of likely N-dealkylation sites (N-methyl/N-ethyl adjacent to an activating group) is 1. The molecule has 0 aliphatic rings. The van der Waals surface area contributed by atoms with Gasteiger partial charge in [0.25, 0.3) is 5.56 Å². The lowest BCUT2D eigenvalue weighted by Gasteiger charge is -2.16. The van der Waals surface area contributed by atoms with Crippen LogP contribution in [0.5, 0.6) is 5.75 Å². The molecule has 0 radical (unpaired) electrons. The molecule has 2 aromatic heterocycles. The van der Waals surface area contributed by atoms with Crippen LogP contribution < -0.4 is 20.9 Å². The van der Waals surface area contributed by atoms with E-state index in [9.17, 15) is 33.1 Å². The number of aromatic nitrogens is 2. The first-order valence-corrected chi connectivity index (χ1v) is 14.2. The van der Waals surface area contributed by atoms with E-state index in [1.807, 2.05) is 0 Å². The molecule has 1 unspecified atom stereocenters. The normalized spacial score (nSPS) is 11.8. The second kappa shape index (κ2) is 14.4. The summed E-state index contributed by atoms with van der Waals surface area (Å²) in [7, 11) is 3.18. The Balaban J connectivity index is 1.46. The summed E-state index contributed by atoms with van der Waals surface area (Å²) in [4.78, 5) is 55.0. The third kappa shape index (κ3) is 8.25. The van der Waals surface area contributed by atoms with Crippen LogP contribution in [-0.2, 0) is 22.7 Å². The number of ether oxygens (including phenoxy) is 1. The van der Waals surface area contributed by atoms with E-state index in [2.05, 4.69) is 15.6 Å². The maximum Gasteiger partial charge on any atom is 0.405 e. The number of allylic oxidation sites excluding steroid dienone is 1. The van der Waals surface area contributed by atoms with Crippen LogP contribution in [0.25, 0.3) is 10.2 Å².